The van der Waals surface area contributed by atoms with E-state index in [1.165, 1.54) is 0 Å². The molecule has 0 aliphatic heterocycles. The van der Waals surface area contributed by atoms with E-state index >= 15 is 0 Å². The minimum Gasteiger partial charge on any atom is -0.397 e. The number of aromatic nitrogens is 1. The second kappa shape index (κ2) is 6.08. The molecule has 5 nitrogen and oxygen atoms in total. The molecule has 0 fully saturated rings. The highest BCUT2D eigenvalue weighted by Crippen LogP contribution is 2.03. The summed E-state index contributed by atoms with van der Waals surface area (Å²) in [5.74, 6) is -0.136. The molecule has 0 saturated heterocycles. The van der Waals surface area contributed by atoms with Crippen molar-refractivity contribution in [3.8, 4) is 0 Å². The average Bonchev–Trinajstić information content (AvgIpc) is 2.64. The summed E-state index contributed by atoms with van der Waals surface area (Å²) in [4.78, 5) is 14.2. The van der Waals surface area contributed by atoms with Crippen LogP contribution in [-0.2, 0) is 4.74 Å². The van der Waals surface area contributed by atoms with Crippen LogP contribution in [0.4, 0.5) is 5.69 Å². The number of rotatable bonds is 6. The van der Waals surface area contributed by atoms with Gasteiger partial charge in [-0.05, 0) is 19.4 Å². The molecule has 0 unspecified atom stereocenters. The molecule has 0 radical (unpaired) electrons. The predicted molar refractivity (Wildman–Crippen MR) is 58.6 cm³/mol. The van der Waals surface area contributed by atoms with Gasteiger partial charge in [0.2, 0.25) is 0 Å². The van der Waals surface area contributed by atoms with Crippen LogP contribution in [-0.4, -0.2) is 30.6 Å². The number of amides is 1. The molecule has 1 rings (SSSR count). The molecule has 84 valence electrons. The van der Waals surface area contributed by atoms with Crippen molar-refractivity contribution in [2.75, 3.05) is 25.5 Å². The maximum absolute atomic E-state index is 11.5. The van der Waals surface area contributed by atoms with Crippen LogP contribution in [0.5, 0.6) is 0 Å². The highest BCUT2D eigenvalue weighted by molar-refractivity contribution is 5.93. The summed E-state index contributed by atoms with van der Waals surface area (Å²) in [7, 11) is 0. The molecule has 0 saturated carbocycles. The first-order valence-electron chi connectivity index (χ1n) is 5.04. The maximum atomic E-state index is 11.5. The number of nitrogen functional groups attached to an aromatic ring is 1. The third-order valence-corrected chi connectivity index (χ3v) is 1.91. The fourth-order valence-electron chi connectivity index (χ4n) is 1.16. The van der Waals surface area contributed by atoms with Crippen LogP contribution in [0.15, 0.2) is 12.3 Å². The zero-order valence-corrected chi connectivity index (χ0v) is 8.88. The van der Waals surface area contributed by atoms with E-state index in [1.54, 1.807) is 12.3 Å². The van der Waals surface area contributed by atoms with Gasteiger partial charge in [0.1, 0.15) is 5.69 Å². The Morgan fingerprint density at radius 1 is 1.67 bits per heavy atom. The quantitative estimate of drug-likeness (QED) is 0.607. The van der Waals surface area contributed by atoms with Crippen LogP contribution in [0.25, 0.3) is 0 Å². The second-order valence-corrected chi connectivity index (χ2v) is 3.15. The summed E-state index contributed by atoms with van der Waals surface area (Å²) in [6, 6.07) is 1.61. The molecular formula is C10H17N3O2. The second-order valence-electron chi connectivity index (χ2n) is 3.15. The molecule has 4 N–H and O–H groups in total. The highest BCUT2D eigenvalue weighted by Gasteiger charge is 2.05. The summed E-state index contributed by atoms with van der Waals surface area (Å²) in [5.41, 5.74) is 6.53. The number of ether oxygens (including phenoxy) is 1. The number of aromatic amines is 1. The molecule has 1 heterocycles. The van der Waals surface area contributed by atoms with E-state index in [0.717, 1.165) is 6.42 Å². The summed E-state index contributed by atoms with van der Waals surface area (Å²) in [6.45, 7) is 3.93. The standard InChI is InChI=1S/C10H17N3O2/c1-2-15-5-3-4-12-10(14)9-6-8(11)7-13-9/h6-7,13H,2-5,11H2,1H3,(H,12,14). The van der Waals surface area contributed by atoms with Gasteiger partial charge < -0.3 is 20.8 Å². The predicted octanol–water partition coefficient (Wildman–Crippen LogP) is 0.753. The fourth-order valence-corrected chi connectivity index (χ4v) is 1.16. The number of hydrogen-bond acceptors (Lipinski definition) is 3. The summed E-state index contributed by atoms with van der Waals surface area (Å²) >= 11 is 0. The van der Waals surface area contributed by atoms with Gasteiger partial charge in [0.05, 0.1) is 0 Å². The van der Waals surface area contributed by atoms with E-state index in [2.05, 4.69) is 10.3 Å². The van der Waals surface area contributed by atoms with Crippen molar-refractivity contribution < 1.29 is 9.53 Å². The van der Waals surface area contributed by atoms with Crippen LogP contribution < -0.4 is 11.1 Å². The lowest BCUT2D eigenvalue weighted by atomic mass is 10.3. The van der Waals surface area contributed by atoms with E-state index in [4.69, 9.17) is 10.5 Å². The lowest BCUT2D eigenvalue weighted by Gasteiger charge is -2.03. The third-order valence-electron chi connectivity index (χ3n) is 1.91. The molecular weight excluding hydrogens is 194 g/mol. The fraction of sp³-hybridized carbons (Fsp3) is 0.500. The van der Waals surface area contributed by atoms with E-state index in [9.17, 15) is 4.79 Å². The van der Waals surface area contributed by atoms with Crippen LogP contribution in [0, 0.1) is 0 Å². The van der Waals surface area contributed by atoms with E-state index in [-0.39, 0.29) is 5.91 Å². The molecule has 1 aromatic rings. The van der Waals surface area contributed by atoms with Gasteiger partial charge in [-0.1, -0.05) is 0 Å². The van der Waals surface area contributed by atoms with Crippen LogP contribution in [0.2, 0.25) is 0 Å². The van der Waals surface area contributed by atoms with Gasteiger partial charge in [-0.25, -0.2) is 0 Å². The minimum atomic E-state index is -0.136. The van der Waals surface area contributed by atoms with Crippen molar-refractivity contribution in [2.45, 2.75) is 13.3 Å². The number of H-pyrrole nitrogens is 1. The Labute approximate surface area is 89.0 Å². The lowest BCUT2D eigenvalue weighted by molar-refractivity contribution is 0.0940. The Balaban J connectivity index is 2.19. The zero-order valence-electron chi connectivity index (χ0n) is 8.88. The molecule has 15 heavy (non-hydrogen) atoms. The van der Waals surface area contributed by atoms with Gasteiger partial charge in [0.25, 0.3) is 5.91 Å². The van der Waals surface area contributed by atoms with Gasteiger partial charge in [0, 0.05) is 31.6 Å². The number of nitrogens with two attached hydrogens (primary N) is 1. The average molecular weight is 211 g/mol. The Morgan fingerprint density at radius 3 is 3.07 bits per heavy atom. The highest BCUT2D eigenvalue weighted by atomic mass is 16.5. The monoisotopic (exact) mass is 211 g/mol. The van der Waals surface area contributed by atoms with Crippen LogP contribution in [0.1, 0.15) is 23.8 Å². The van der Waals surface area contributed by atoms with Gasteiger partial charge in [0.15, 0.2) is 0 Å². The van der Waals surface area contributed by atoms with E-state index in [0.29, 0.717) is 31.1 Å². The van der Waals surface area contributed by atoms with E-state index in [1.807, 2.05) is 6.92 Å². The normalized spacial score (nSPS) is 10.2. The first-order valence-corrected chi connectivity index (χ1v) is 5.04. The van der Waals surface area contributed by atoms with Crippen molar-refractivity contribution in [1.82, 2.24) is 10.3 Å². The van der Waals surface area contributed by atoms with Gasteiger partial charge in [-0.3, -0.25) is 4.79 Å². The van der Waals surface area contributed by atoms with Crippen molar-refractivity contribution >= 4 is 11.6 Å². The SMILES string of the molecule is CCOCCCNC(=O)c1cc(N)c[nH]1. The molecule has 0 spiro atoms. The number of hydrogen-bond donors (Lipinski definition) is 3. The Kier molecular flexibility index (Phi) is 4.70. The smallest absolute Gasteiger partial charge is 0.267 e. The van der Waals surface area contributed by atoms with Gasteiger partial charge >= 0.3 is 0 Å². The van der Waals surface area contributed by atoms with Gasteiger partial charge in [-0.2, -0.15) is 0 Å². The maximum Gasteiger partial charge on any atom is 0.267 e. The van der Waals surface area contributed by atoms with E-state index < -0.39 is 0 Å². The van der Waals surface area contributed by atoms with Crippen LogP contribution in [0.3, 0.4) is 0 Å². The van der Waals surface area contributed by atoms with Crippen molar-refractivity contribution in [2.24, 2.45) is 0 Å². The molecule has 0 aliphatic carbocycles. The Hall–Kier alpha value is -1.49. The third kappa shape index (κ3) is 4.03. The Morgan fingerprint density at radius 2 is 2.47 bits per heavy atom. The molecule has 1 amide bonds. The molecule has 0 atom stereocenters. The number of carbonyl (C=O) groups is 1. The number of carbonyl (C=O) groups excluding carboxylic acids is 1. The molecule has 1 aromatic heterocycles. The molecule has 0 aromatic carbocycles. The molecule has 0 bridgehead atoms. The van der Waals surface area contributed by atoms with Crippen LogP contribution >= 0.6 is 0 Å². The largest absolute Gasteiger partial charge is 0.397 e. The zero-order chi connectivity index (χ0) is 11.1. The summed E-state index contributed by atoms with van der Waals surface area (Å²) in [5, 5.41) is 2.77. The Bertz CT molecular complexity index is 309. The topological polar surface area (TPSA) is 80.1 Å². The number of anilines is 1. The number of nitrogens with one attached hydrogen (secondary N) is 2. The first-order chi connectivity index (χ1) is 7.24. The summed E-state index contributed by atoms with van der Waals surface area (Å²) < 4.78 is 5.15. The minimum absolute atomic E-state index is 0.136. The molecule has 0 aliphatic rings. The van der Waals surface area contributed by atoms with Gasteiger partial charge in [-0.15, -0.1) is 0 Å². The van der Waals surface area contributed by atoms with Crippen molar-refractivity contribution in [3.63, 3.8) is 0 Å². The first kappa shape index (κ1) is 11.6. The lowest BCUT2D eigenvalue weighted by Crippen LogP contribution is -2.25. The van der Waals surface area contributed by atoms with Crippen molar-refractivity contribution in [1.29, 1.82) is 0 Å². The van der Waals surface area contributed by atoms with Crippen molar-refractivity contribution in [3.05, 3.63) is 18.0 Å². The molecule has 5 heteroatoms. The summed E-state index contributed by atoms with van der Waals surface area (Å²) in [6.07, 6.45) is 2.41.